The predicted molar refractivity (Wildman–Crippen MR) is 74.7 cm³/mol. The zero-order valence-corrected chi connectivity index (χ0v) is 11.7. The molecule has 1 aromatic heterocycles. The molecule has 1 N–H and O–H groups in total. The molecule has 0 saturated heterocycles. The van der Waals surface area contributed by atoms with E-state index in [-0.39, 0.29) is 6.04 Å². The molecule has 0 aliphatic carbocycles. The first kappa shape index (κ1) is 13.1. The van der Waals surface area contributed by atoms with Crippen LogP contribution in [-0.4, -0.2) is 9.78 Å². The summed E-state index contributed by atoms with van der Waals surface area (Å²) in [6.45, 7) is 4.78. The molecule has 1 aromatic carbocycles. The summed E-state index contributed by atoms with van der Waals surface area (Å²) in [5, 5.41) is 8.53. The fraction of sp³-hybridized carbons (Fsp3) is 0.357. The minimum Gasteiger partial charge on any atom is -0.305 e. The van der Waals surface area contributed by atoms with E-state index in [9.17, 15) is 0 Å². The van der Waals surface area contributed by atoms with Crippen molar-refractivity contribution in [2.45, 2.75) is 26.4 Å². The highest BCUT2D eigenvalue weighted by Gasteiger charge is 2.12. The van der Waals surface area contributed by atoms with E-state index < -0.39 is 0 Å². The van der Waals surface area contributed by atoms with E-state index in [0.717, 1.165) is 16.4 Å². The fourth-order valence-electron chi connectivity index (χ4n) is 1.98. The molecule has 0 amide bonds. The molecule has 4 heteroatoms. The van der Waals surface area contributed by atoms with Crippen molar-refractivity contribution < 1.29 is 0 Å². The highest BCUT2D eigenvalue weighted by molar-refractivity contribution is 6.31. The van der Waals surface area contributed by atoms with Gasteiger partial charge in [-0.25, -0.2) is 0 Å². The monoisotopic (exact) mass is 263 g/mol. The normalized spacial score (nSPS) is 12.7. The van der Waals surface area contributed by atoms with Gasteiger partial charge in [-0.05, 0) is 19.4 Å². The van der Waals surface area contributed by atoms with Crippen LogP contribution in [0.1, 0.15) is 29.9 Å². The van der Waals surface area contributed by atoms with E-state index in [2.05, 4.69) is 41.6 Å². The second-order valence-corrected chi connectivity index (χ2v) is 4.86. The summed E-state index contributed by atoms with van der Waals surface area (Å²) in [5.41, 5.74) is 3.17. The van der Waals surface area contributed by atoms with Crippen LogP contribution in [0, 0.1) is 6.92 Å². The van der Waals surface area contributed by atoms with E-state index in [1.165, 1.54) is 5.56 Å². The molecule has 0 bridgehead atoms. The molecule has 2 rings (SSSR count). The summed E-state index contributed by atoms with van der Waals surface area (Å²) in [6, 6.07) is 10.7. The number of hydrogen-bond acceptors (Lipinski definition) is 2. The van der Waals surface area contributed by atoms with Crippen molar-refractivity contribution >= 4 is 11.6 Å². The molecule has 0 saturated carbocycles. The quantitative estimate of drug-likeness (QED) is 0.918. The van der Waals surface area contributed by atoms with Crippen LogP contribution in [0.25, 0.3) is 0 Å². The molecule has 0 aliphatic heterocycles. The Morgan fingerprint density at radius 2 is 2.00 bits per heavy atom. The molecule has 1 atom stereocenters. The zero-order chi connectivity index (χ0) is 13.1. The third kappa shape index (κ3) is 2.74. The largest absolute Gasteiger partial charge is 0.305 e. The third-order valence-corrected chi connectivity index (χ3v) is 3.63. The van der Waals surface area contributed by atoms with E-state index >= 15 is 0 Å². The first-order valence-electron chi connectivity index (χ1n) is 6.06. The first-order valence-corrected chi connectivity index (χ1v) is 6.43. The lowest BCUT2D eigenvalue weighted by atomic mass is 10.1. The molecule has 0 aliphatic rings. The van der Waals surface area contributed by atoms with Crippen LogP contribution in [0.5, 0.6) is 0 Å². The number of benzene rings is 1. The van der Waals surface area contributed by atoms with Crippen molar-refractivity contribution in [1.82, 2.24) is 15.1 Å². The summed E-state index contributed by atoms with van der Waals surface area (Å²) in [5.74, 6) is 0. The van der Waals surface area contributed by atoms with Crippen LogP contribution in [0.4, 0.5) is 0 Å². The van der Waals surface area contributed by atoms with Gasteiger partial charge in [0.15, 0.2) is 0 Å². The Bertz CT molecular complexity index is 519. The second kappa shape index (κ2) is 5.55. The van der Waals surface area contributed by atoms with Crippen LogP contribution < -0.4 is 5.32 Å². The molecule has 1 heterocycles. The van der Waals surface area contributed by atoms with Crippen molar-refractivity contribution in [3.8, 4) is 0 Å². The SMILES string of the molecule is Cc1nn(C)c(CN[C@H](C)c2ccccc2)c1Cl. The number of hydrogen-bond donors (Lipinski definition) is 1. The van der Waals surface area contributed by atoms with Gasteiger partial charge in [-0.2, -0.15) is 5.10 Å². The van der Waals surface area contributed by atoms with E-state index in [1.807, 2.05) is 24.7 Å². The van der Waals surface area contributed by atoms with Gasteiger partial charge in [0, 0.05) is 19.6 Å². The number of nitrogens with one attached hydrogen (secondary N) is 1. The number of aryl methyl sites for hydroxylation is 2. The lowest BCUT2D eigenvalue weighted by Crippen LogP contribution is -2.19. The van der Waals surface area contributed by atoms with Gasteiger partial charge >= 0.3 is 0 Å². The Morgan fingerprint density at radius 1 is 1.33 bits per heavy atom. The number of nitrogens with zero attached hydrogens (tertiary/aromatic N) is 2. The first-order chi connectivity index (χ1) is 8.59. The van der Waals surface area contributed by atoms with Crippen LogP contribution >= 0.6 is 11.6 Å². The topological polar surface area (TPSA) is 29.9 Å². The van der Waals surface area contributed by atoms with Gasteiger partial charge < -0.3 is 5.32 Å². The Balaban J connectivity index is 2.04. The van der Waals surface area contributed by atoms with Crippen molar-refractivity contribution in [3.05, 3.63) is 52.3 Å². The molecule has 0 spiro atoms. The summed E-state index contributed by atoms with van der Waals surface area (Å²) < 4.78 is 1.84. The van der Waals surface area contributed by atoms with Crippen LogP contribution in [0.2, 0.25) is 5.02 Å². The highest BCUT2D eigenvalue weighted by atomic mass is 35.5. The lowest BCUT2D eigenvalue weighted by Gasteiger charge is -2.14. The van der Waals surface area contributed by atoms with Gasteiger partial charge in [0.1, 0.15) is 0 Å². The van der Waals surface area contributed by atoms with Gasteiger partial charge in [-0.3, -0.25) is 4.68 Å². The molecular formula is C14H18ClN3. The molecule has 0 fully saturated rings. The smallest absolute Gasteiger partial charge is 0.0860 e. The Labute approximate surface area is 113 Å². The lowest BCUT2D eigenvalue weighted by molar-refractivity contribution is 0.548. The van der Waals surface area contributed by atoms with Gasteiger partial charge in [0.25, 0.3) is 0 Å². The third-order valence-electron chi connectivity index (χ3n) is 3.14. The molecule has 0 unspecified atom stereocenters. The maximum absolute atomic E-state index is 6.22. The molecular weight excluding hydrogens is 246 g/mol. The molecule has 96 valence electrons. The van der Waals surface area contributed by atoms with Crippen molar-refractivity contribution in [1.29, 1.82) is 0 Å². The Kier molecular flexibility index (Phi) is 4.04. The van der Waals surface area contributed by atoms with Gasteiger partial charge in [-0.1, -0.05) is 41.9 Å². The fourth-order valence-corrected chi connectivity index (χ4v) is 2.21. The summed E-state index contributed by atoms with van der Waals surface area (Å²) >= 11 is 6.22. The van der Waals surface area contributed by atoms with Crippen LogP contribution in [0.15, 0.2) is 30.3 Å². The number of aromatic nitrogens is 2. The maximum atomic E-state index is 6.22. The van der Waals surface area contributed by atoms with Gasteiger partial charge in [0.05, 0.1) is 16.4 Å². The average molecular weight is 264 g/mol. The highest BCUT2D eigenvalue weighted by Crippen LogP contribution is 2.20. The predicted octanol–water partition coefficient (Wildman–Crippen LogP) is 3.23. The molecule has 18 heavy (non-hydrogen) atoms. The van der Waals surface area contributed by atoms with Crippen molar-refractivity contribution in [2.24, 2.45) is 7.05 Å². The van der Waals surface area contributed by atoms with Crippen LogP contribution in [-0.2, 0) is 13.6 Å². The minimum atomic E-state index is 0.289. The number of rotatable bonds is 4. The van der Waals surface area contributed by atoms with Crippen molar-refractivity contribution in [2.75, 3.05) is 0 Å². The van der Waals surface area contributed by atoms with E-state index in [4.69, 9.17) is 11.6 Å². The maximum Gasteiger partial charge on any atom is 0.0860 e. The summed E-state index contributed by atoms with van der Waals surface area (Å²) in [4.78, 5) is 0. The summed E-state index contributed by atoms with van der Waals surface area (Å²) in [7, 11) is 1.92. The van der Waals surface area contributed by atoms with E-state index in [0.29, 0.717) is 6.54 Å². The minimum absolute atomic E-state index is 0.289. The van der Waals surface area contributed by atoms with Crippen LogP contribution in [0.3, 0.4) is 0 Å². The van der Waals surface area contributed by atoms with Gasteiger partial charge in [-0.15, -0.1) is 0 Å². The molecule has 0 radical (unpaired) electrons. The zero-order valence-electron chi connectivity index (χ0n) is 10.9. The second-order valence-electron chi connectivity index (χ2n) is 4.48. The summed E-state index contributed by atoms with van der Waals surface area (Å²) in [6.07, 6.45) is 0. The van der Waals surface area contributed by atoms with Crippen molar-refractivity contribution in [3.63, 3.8) is 0 Å². The Hall–Kier alpha value is -1.32. The van der Waals surface area contributed by atoms with Gasteiger partial charge in [0.2, 0.25) is 0 Å². The standard InChI is InChI=1S/C14H18ClN3/c1-10(12-7-5-4-6-8-12)16-9-13-14(15)11(2)17-18(13)3/h4-8,10,16H,9H2,1-3H3/t10-/m1/s1. The average Bonchev–Trinajstić information content (AvgIpc) is 2.62. The number of halogens is 1. The van der Waals surface area contributed by atoms with E-state index in [1.54, 1.807) is 0 Å². The molecule has 3 nitrogen and oxygen atoms in total. The molecule has 2 aromatic rings. The Morgan fingerprint density at radius 3 is 2.56 bits per heavy atom.